The Hall–Kier alpha value is -0.610. The molecule has 0 atom stereocenters. The lowest BCUT2D eigenvalue weighted by Crippen LogP contribution is -2.45. The predicted molar refractivity (Wildman–Crippen MR) is 50.2 cm³/mol. The highest BCUT2D eigenvalue weighted by molar-refractivity contribution is 5.48. The molecule has 0 aromatic heterocycles. The molecule has 4 nitrogen and oxygen atoms in total. The van der Waals surface area contributed by atoms with Crippen molar-refractivity contribution in [3.05, 3.63) is 0 Å². The number of ether oxygens (including phenoxy) is 1. The first kappa shape index (κ1) is 10.5. The lowest BCUT2D eigenvalue weighted by Gasteiger charge is -2.31. The number of amides is 1. The van der Waals surface area contributed by atoms with Gasteiger partial charge in [-0.25, -0.2) is 0 Å². The van der Waals surface area contributed by atoms with Crippen molar-refractivity contribution in [3.63, 3.8) is 0 Å². The molecule has 0 bridgehead atoms. The molecule has 1 aliphatic rings. The van der Waals surface area contributed by atoms with Gasteiger partial charge in [0.15, 0.2) is 0 Å². The van der Waals surface area contributed by atoms with E-state index in [1.165, 1.54) is 0 Å². The molecule has 1 aliphatic heterocycles. The minimum Gasteiger partial charge on any atom is -0.385 e. The van der Waals surface area contributed by atoms with Crippen LogP contribution in [0.4, 0.5) is 0 Å². The van der Waals surface area contributed by atoms with Crippen LogP contribution in [-0.2, 0) is 9.53 Å². The third-order valence-corrected chi connectivity index (χ3v) is 2.32. The molecule has 1 heterocycles. The van der Waals surface area contributed by atoms with E-state index >= 15 is 0 Å². The zero-order valence-corrected chi connectivity index (χ0v) is 8.16. The quantitative estimate of drug-likeness (QED) is 0.552. The van der Waals surface area contributed by atoms with Gasteiger partial charge in [-0.2, -0.15) is 0 Å². The molecule has 4 heteroatoms. The Morgan fingerprint density at radius 3 is 2.54 bits per heavy atom. The minimum absolute atomic E-state index is 0.816. The second kappa shape index (κ2) is 5.94. The third kappa shape index (κ3) is 3.74. The van der Waals surface area contributed by atoms with Gasteiger partial charge in [0, 0.05) is 46.4 Å². The van der Waals surface area contributed by atoms with Crippen molar-refractivity contribution in [2.45, 2.75) is 6.42 Å². The molecule has 0 saturated carbocycles. The Bertz CT molecular complexity index is 145. The molecule has 1 rings (SSSR count). The summed E-state index contributed by atoms with van der Waals surface area (Å²) in [6.07, 6.45) is 2.99. The fraction of sp³-hybridized carbons (Fsp3) is 0.889. The number of rotatable bonds is 5. The van der Waals surface area contributed by atoms with Gasteiger partial charge in [0.05, 0.1) is 0 Å². The van der Waals surface area contributed by atoms with Crippen molar-refractivity contribution >= 4 is 6.41 Å². The average molecular weight is 185 g/mol. The Morgan fingerprint density at radius 2 is 2.00 bits per heavy atom. The van der Waals surface area contributed by atoms with E-state index in [1.807, 2.05) is 6.41 Å². The molecule has 0 spiro atoms. The number of hydrogen-bond donors (Lipinski definition) is 0. The molecule has 75 valence electrons. The van der Waals surface area contributed by atoms with E-state index in [0.717, 1.165) is 45.8 Å². The summed E-state index contributed by atoms with van der Waals surface area (Å²) in [4.78, 5) is 14.3. The zero-order valence-electron chi connectivity index (χ0n) is 8.16. The van der Waals surface area contributed by atoms with Gasteiger partial charge in [0.25, 0.3) is 0 Å². The number of piperazine rings is 1. The number of carbonyl (C=O) groups excluding carboxylic acids is 1. The highest BCUT2D eigenvalue weighted by atomic mass is 16.5. The molecule has 0 aliphatic carbocycles. The van der Waals surface area contributed by atoms with Crippen LogP contribution in [0.2, 0.25) is 0 Å². The lowest BCUT2D eigenvalue weighted by atomic mass is 10.3. The molecular formula is C9H17N2O2. The van der Waals surface area contributed by atoms with Gasteiger partial charge in [-0.15, -0.1) is 0 Å². The van der Waals surface area contributed by atoms with Gasteiger partial charge in [0.2, 0.25) is 0 Å². The monoisotopic (exact) mass is 185 g/mol. The van der Waals surface area contributed by atoms with Crippen molar-refractivity contribution in [3.8, 4) is 0 Å². The largest absolute Gasteiger partial charge is 0.385 e. The van der Waals surface area contributed by atoms with Crippen LogP contribution in [-0.4, -0.2) is 62.7 Å². The summed E-state index contributed by atoms with van der Waals surface area (Å²) in [5.74, 6) is 0. The van der Waals surface area contributed by atoms with E-state index in [9.17, 15) is 4.79 Å². The fourth-order valence-corrected chi connectivity index (χ4v) is 1.50. The Kier molecular flexibility index (Phi) is 4.78. The maximum Gasteiger partial charge on any atom is 0.312 e. The molecule has 13 heavy (non-hydrogen) atoms. The van der Waals surface area contributed by atoms with Crippen molar-refractivity contribution in [1.82, 2.24) is 9.80 Å². The summed E-state index contributed by atoms with van der Waals surface area (Å²) in [7, 11) is 1.72. The van der Waals surface area contributed by atoms with Crippen LogP contribution >= 0.6 is 0 Å². The van der Waals surface area contributed by atoms with Crippen LogP contribution in [0, 0.1) is 0 Å². The SMILES string of the molecule is COCCCN1CCN([C]=O)CC1. The summed E-state index contributed by atoms with van der Waals surface area (Å²) in [6.45, 7) is 5.46. The van der Waals surface area contributed by atoms with Gasteiger partial charge in [-0.3, -0.25) is 9.69 Å². The van der Waals surface area contributed by atoms with Gasteiger partial charge in [-0.05, 0) is 6.42 Å². The molecule has 0 N–H and O–H groups in total. The van der Waals surface area contributed by atoms with Gasteiger partial charge < -0.3 is 9.64 Å². The smallest absolute Gasteiger partial charge is 0.312 e. The molecule has 0 unspecified atom stereocenters. The van der Waals surface area contributed by atoms with E-state index in [0.29, 0.717) is 0 Å². The van der Waals surface area contributed by atoms with E-state index < -0.39 is 0 Å². The standard InChI is InChI=1S/C9H17N2O2/c1-13-8-2-3-10-4-6-11(9-12)7-5-10/h2-8H2,1H3. The second-order valence-electron chi connectivity index (χ2n) is 3.27. The second-order valence-corrected chi connectivity index (χ2v) is 3.27. The van der Waals surface area contributed by atoms with Crippen molar-refractivity contribution in [2.24, 2.45) is 0 Å². The number of nitrogens with zero attached hydrogens (tertiary/aromatic N) is 2. The topological polar surface area (TPSA) is 32.8 Å². The summed E-state index contributed by atoms with van der Waals surface area (Å²) in [5.41, 5.74) is 0. The third-order valence-electron chi connectivity index (χ3n) is 2.32. The first-order valence-corrected chi connectivity index (χ1v) is 4.71. The van der Waals surface area contributed by atoms with Crippen molar-refractivity contribution < 1.29 is 9.53 Å². The van der Waals surface area contributed by atoms with Crippen molar-refractivity contribution in [1.29, 1.82) is 0 Å². The number of hydrogen-bond acceptors (Lipinski definition) is 3. The molecule has 0 aromatic rings. The Balaban J connectivity index is 2.07. The summed E-state index contributed by atoms with van der Waals surface area (Å²) < 4.78 is 4.98. The van der Waals surface area contributed by atoms with Crippen LogP contribution in [0.3, 0.4) is 0 Å². The summed E-state index contributed by atoms with van der Waals surface area (Å²) >= 11 is 0. The molecule has 1 radical (unpaired) electrons. The zero-order chi connectivity index (χ0) is 9.52. The molecular weight excluding hydrogens is 168 g/mol. The van der Waals surface area contributed by atoms with Gasteiger partial charge in [0.1, 0.15) is 0 Å². The molecule has 1 fully saturated rings. The van der Waals surface area contributed by atoms with Gasteiger partial charge >= 0.3 is 6.41 Å². The summed E-state index contributed by atoms with van der Waals surface area (Å²) in [5, 5.41) is 0. The molecule has 1 amide bonds. The maximum absolute atomic E-state index is 10.3. The minimum atomic E-state index is 0.816. The first-order chi connectivity index (χ1) is 6.36. The van der Waals surface area contributed by atoms with Crippen LogP contribution in [0.1, 0.15) is 6.42 Å². The van der Waals surface area contributed by atoms with Crippen LogP contribution in [0.5, 0.6) is 0 Å². The van der Waals surface area contributed by atoms with Crippen LogP contribution in [0.25, 0.3) is 0 Å². The normalized spacial score (nSPS) is 19.0. The lowest BCUT2D eigenvalue weighted by molar-refractivity contribution is 0.145. The van der Waals surface area contributed by atoms with E-state index in [-0.39, 0.29) is 0 Å². The summed E-state index contributed by atoms with van der Waals surface area (Å²) in [6, 6.07) is 0. The highest BCUT2D eigenvalue weighted by Gasteiger charge is 2.14. The first-order valence-electron chi connectivity index (χ1n) is 4.71. The van der Waals surface area contributed by atoms with Gasteiger partial charge in [-0.1, -0.05) is 0 Å². The number of methoxy groups -OCH3 is 1. The fourth-order valence-electron chi connectivity index (χ4n) is 1.50. The van der Waals surface area contributed by atoms with E-state index in [1.54, 1.807) is 12.0 Å². The highest BCUT2D eigenvalue weighted by Crippen LogP contribution is 2.00. The Labute approximate surface area is 79.4 Å². The van der Waals surface area contributed by atoms with E-state index in [4.69, 9.17) is 4.74 Å². The molecule has 0 aromatic carbocycles. The predicted octanol–water partition coefficient (Wildman–Crippen LogP) is -0.292. The Morgan fingerprint density at radius 1 is 1.31 bits per heavy atom. The molecule has 1 saturated heterocycles. The van der Waals surface area contributed by atoms with Crippen LogP contribution in [0.15, 0.2) is 0 Å². The maximum atomic E-state index is 10.3. The van der Waals surface area contributed by atoms with Crippen molar-refractivity contribution in [2.75, 3.05) is 46.4 Å². The average Bonchev–Trinajstić information content (AvgIpc) is 2.19. The van der Waals surface area contributed by atoms with Crippen LogP contribution < -0.4 is 0 Å². The van der Waals surface area contributed by atoms with E-state index in [2.05, 4.69) is 4.90 Å².